The van der Waals surface area contributed by atoms with Gasteiger partial charge in [-0.05, 0) is 32.1 Å². The quantitative estimate of drug-likeness (QED) is 0.442. The van der Waals surface area contributed by atoms with Crippen molar-refractivity contribution in [2.45, 2.75) is 56.1 Å². The summed E-state index contributed by atoms with van der Waals surface area (Å²) < 4.78 is 84.5. The molecule has 3 aromatic rings. The van der Waals surface area contributed by atoms with Crippen molar-refractivity contribution in [3.8, 4) is 10.6 Å². The van der Waals surface area contributed by atoms with Crippen molar-refractivity contribution in [2.75, 3.05) is 23.7 Å². The van der Waals surface area contributed by atoms with Crippen LogP contribution in [-0.2, 0) is 18.9 Å². The number of piperazine rings is 1. The van der Waals surface area contributed by atoms with E-state index in [9.17, 15) is 31.1 Å². The van der Waals surface area contributed by atoms with Gasteiger partial charge in [0.2, 0.25) is 0 Å². The molecule has 2 atom stereocenters. The summed E-state index contributed by atoms with van der Waals surface area (Å²) in [6, 6.07) is 0.940. The maximum atomic E-state index is 14.4. The molecule has 36 heavy (non-hydrogen) atoms. The Morgan fingerprint density at radius 1 is 1.08 bits per heavy atom. The van der Waals surface area contributed by atoms with Crippen LogP contribution in [-0.4, -0.2) is 45.5 Å². The minimum absolute atomic E-state index is 0.00929. The van der Waals surface area contributed by atoms with Crippen LogP contribution in [0.15, 0.2) is 22.0 Å². The first-order chi connectivity index (χ1) is 16.8. The smallest absolute Gasteiger partial charge is 0.353 e. The fraction of sp³-hybridized carbons (Fsp3) is 0.500. The molecule has 1 fully saturated rings. The van der Waals surface area contributed by atoms with Crippen molar-refractivity contribution in [3.05, 3.63) is 33.2 Å². The average molecular weight is 550 g/mol. The molecule has 5 rings (SSSR count). The van der Waals surface area contributed by atoms with E-state index in [1.165, 1.54) is 4.57 Å². The minimum atomic E-state index is -4.88. The zero-order chi connectivity index (χ0) is 26.0. The van der Waals surface area contributed by atoms with E-state index in [1.807, 2.05) is 13.8 Å². The Balaban J connectivity index is 1.86. The minimum Gasteiger partial charge on any atom is -0.353 e. The van der Waals surface area contributed by atoms with E-state index in [-0.39, 0.29) is 56.6 Å². The van der Waals surface area contributed by atoms with Gasteiger partial charge < -0.3 is 10.2 Å². The predicted molar refractivity (Wildman–Crippen MR) is 127 cm³/mol. The van der Waals surface area contributed by atoms with Crippen molar-refractivity contribution < 1.29 is 26.3 Å². The van der Waals surface area contributed by atoms with Crippen LogP contribution >= 0.6 is 23.1 Å². The number of hydrogen-bond donors (Lipinski definition) is 1. The zero-order valence-electron chi connectivity index (χ0n) is 19.1. The number of anilines is 1. The third kappa shape index (κ3) is 4.47. The van der Waals surface area contributed by atoms with Gasteiger partial charge in [0.1, 0.15) is 15.7 Å². The number of aryl methyl sites for hydroxylation is 1. The molecular formula is C22H21F6N5OS2. The fourth-order valence-electron chi connectivity index (χ4n) is 4.84. The van der Waals surface area contributed by atoms with Gasteiger partial charge in [0.15, 0.2) is 0 Å². The molecule has 2 aliphatic heterocycles. The number of nitrogens with zero attached hydrogens (tertiary/aromatic N) is 4. The molecule has 0 bridgehead atoms. The average Bonchev–Trinajstić information content (AvgIpc) is 3.15. The van der Waals surface area contributed by atoms with E-state index in [0.717, 1.165) is 17.8 Å². The molecule has 0 saturated carbocycles. The standard InChI is InChI=1S/C22H21F6N5OS2/c1-10-8-32(9-11(2)30-10)18-12-6-13(21(23,24)25)15(19-29-7-14(36-19)22(26,27)28)17-16(12)33(20(34)31-18)4-3-5-35-17/h6-7,10-11,30H,3-5,8-9H2,1-2H3. The first-order valence-corrected chi connectivity index (χ1v) is 13.0. The molecule has 194 valence electrons. The van der Waals surface area contributed by atoms with Crippen molar-refractivity contribution >= 4 is 39.8 Å². The SMILES string of the molecule is CC1CN(c2nc(=O)n3c4c(c(-c5ncc(C(F)(F)F)s5)c(C(F)(F)F)cc24)SCCC3)CC(C)N1. The topological polar surface area (TPSA) is 63.1 Å². The second kappa shape index (κ2) is 8.91. The molecule has 2 aromatic heterocycles. The number of thiazole rings is 1. The van der Waals surface area contributed by atoms with Gasteiger partial charge >= 0.3 is 18.0 Å². The van der Waals surface area contributed by atoms with E-state index in [2.05, 4.69) is 15.3 Å². The molecule has 0 amide bonds. The fourth-order valence-corrected chi connectivity index (χ4v) is 6.93. The van der Waals surface area contributed by atoms with Gasteiger partial charge in [-0.1, -0.05) is 0 Å². The lowest BCUT2D eigenvalue weighted by molar-refractivity contribution is -0.137. The highest BCUT2D eigenvalue weighted by Crippen LogP contribution is 2.49. The number of aromatic nitrogens is 3. The summed E-state index contributed by atoms with van der Waals surface area (Å²) in [6.45, 7) is 4.97. The lowest BCUT2D eigenvalue weighted by Gasteiger charge is -2.37. The van der Waals surface area contributed by atoms with Gasteiger partial charge in [0.25, 0.3) is 0 Å². The first-order valence-electron chi connectivity index (χ1n) is 11.2. The van der Waals surface area contributed by atoms with Crippen LogP contribution < -0.4 is 15.9 Å². The summed E-state index contributed by atoms with van der Waals surface area (Å²) >= 11 is 1.27. The van der Waals surface area contributed by atoms with Crippen molar-refractivity contribution in [3.63, 3.8) is 0 Å². The summed E-state index contributed by atoms with van der Waals surface area (Å²) in [6.07, 6.45) is -8.57. The molecule has 1 aromatic carbocycles. The van der Waals surface area contributed by atoms with Crippen LogP contribution in [0.3, 0.4) is 0 Å². The Morgan fingerprint density at radius 2 is 1.78 bits per heavy atom. The van der Waals surface area contributed by atoms with Gasteiger partial charge in [-0.3, -0.25) is 4.57 Å². The molecule has 2 unspecified atom stereocenters. The molecule has 0 aliphatic carbocycles. The van der Waals surface area contributed by atoms with Gasteiger partial charge in [-0.25, -0.2) is 9.78 Å². The number of halogens is 6. The van der Waals surface area contributed by atoms with Crippen molar-refractivity contribution in [2.24, 2.45) is 0 Å². The summed E-state index contributed by atoms with van der Waals surface area (Å²) in [5.74, 6) is 0.543. The van der Waals surface area contributed by atoms with Gasteiger partial charge in [-0.2, -0.15) is 31.3 Å². The summed E-state index contributed by atoms with van der Waals surface area (Å²) in [4.78, 5) is 21.9. The summed E-state index contributed by atoms with van der Waals surface area (Å²) in [5.41, 5.74) is -1.85. The van der Waals surface area contributed by atoms with Crippen LogP contribution in [0.2, 0.25) is 0 Å². The lowest BCUT2D eigenvalue weighted by atomic mass is 10.0. The van der Waals surface area contributed by atoms with Crippen LogP contribution in [0.25, 0.3) is 21.5 Å². The molecule has 4 heterocycles. The largest absolute Gasteiger partial charge is 0.427 e. The highest BCUT2D eigenvalue weighted by atomic mass is 32.2. The Morgan fingerprint density at radius 3 is 2.39 bits per heavy atom. The molecule has 1 N–H and O–H groups in total. The Labute approximate surface area is 209 Å². The van der Waals surface area contributed by atoms with Gasteiger partial charge in [-0.15, -0.1) is 23.1 Å². The molecule has 2 aliphatic rings. The number of alkyl halides is 6. The highest BCUT2D eigenvalue weighted by molar-refractivity contribution is 7.99. The van der Waals surface area contributed by atoms with Crippen molar-refractivity contribution in [1.82, 2.24) is 19.9 Å². The second-order valence-corrected chi connectivity index (χ2v) is 11.1. The van der Waals surface area contributed by atoms with Crippen molar-refractivity contribution in [1.29, 1.82) is 0 Å². The number of thioether (sulfide) groups is 1. The molecular weight excluding hydrogens is 528 g/mol. The van der Waals surface area contributed by atoms with Crippen LogP contribution in [0.1, 0.15) is 30.7 Å². The normalized spacial score (nSPS) is 21.2. The third-order valence-corrected chi connectivity index (χ3v) is 8.37. The predicted octanol–water partition coefficient (Wildman–Crippen LogP) is 5.24. The Hall–Kier alpha value is -2.32. The molecule has 0 radical (unpaired) electrons. The maximum absolute atomic E-state index is 14.4. The summed E-state index contributed by atoms with van der Waals surface area (Å²) in [5, 5.41) is 3.11. The lowest BCUT2D eigenvalue weighted by Crippen LogP contribution is -2.55. The van der Waals surface area contributed by atoms with Gasteiger partial charge in [0.05, 0.1) is 17.3 Å². The maximum Gasteiger partial charge on any atom is 0.427 e. The van der Waals surface area contributed by atoms with Gasteiger partial charge in [0, 0.05) is 47.6 Å². The number of nitrogens with one attached hydrogen (secondary N) is 1. The number of hydrogen-bond acceptors (Lipinski definition) is 7. The van der Waals surface area contributed by atoms with Crippen LogP contribution in [0, 0.1) is 0 Å². The van der Waals surface area contributed by atoms with E-state index in [4.69, 9.17) is 0 Å². The summed E-state index contributed by atoms with van der Waals surface area (Å²) in [7, 11) is 0. The second-order valence-electron chi connectivity index (χ2n) is 8.99. The van der Waals surface area contributed by atoms with E-state index < -0.39 is 34.0 Å². The van der Waals surface area contributed by atoms with Crippen LogP contribution in [0.4, 0.5) is 32.2 Å². The Bertz CT molecular complexity index is 1370. The highest BCUT2D eigenvalue weighted by Gasteiger charge is 2.40. The first kappa shape index (κ1) is 25.3. The van der Waals surface area contributed by atoms with E-state index in [1.54, 1.807) is 4.90 Å². The Kier molecular flexibility index (Phi) is 6.27. The third-order valence-electron chi connectivity index (χ3n) is 6.13. The molecule has 14 heteroatoms. The molecule has 6 nitrogen and oxygen atoms in total. The van der Waals surface area contributed by atoms with Crippen LogP contribution in [0.5, 0.6) is 0 Å². The van der Waals surface area contributed by atoms with E-state index >= 15 is 0 Å². The van der Waals surface area contributed by atoms with E-state index in [0.29, 0.717) is 31.5 Å². The molecule has 1 saturated heterocycles. The number of rotatable bonds is 2. The molecule has 0 spiro atoms. The monoisotopic (exact) mass is 549 g/mol. The number of benzene rings is 1. The zero-order valence-corrected chi connectivity index (χ0v) is 20.8.